The minimum atomic E-state index is -2.13. The third-order valence-electron chi connectivity index (χ3n) is 5.95. The molecule has 0 aliphatic carbocycles. The van der Waals surface area contributed by atoms with Gasteiger partial charge >= 0.3 is 0 Å². The summed E-state index contributed by atoms with van der Waals surface area (Å²) in [5, 5.41) is 15.2. The lowest BCUT2D eigenvalue weighted by Crippen LogP contribution is -2.29. The predicted molar refractivity (Wildman–Crippen MR) is 156 cm³/mol. The van der Waals surface area contributed by atoms with Crippen LogP contribution in [0.15, 0.2) is 144 Å². The molecule has 176 valence electrons. The highest BCUT2D eigenvalue weighted by atomic mass is 32.2. The Kier molecular flexibility index (Phi) is 8.77. The molecule has 0 heterocycles. The molecule has 0 aromatic heterocycles. The number of aliphatic hydroxyl groups excluding tert-OH is 1. The molecule has 1 N–H and O–H groups in total. The number of rotatable bonds is 9. The first kappa shape index (κ1) is 25.2. The maximum atomic E-state index is 11.4. The molecule has 0 aliphatic heterocycles. The zero-order valence-electron chi connectivity index (χ0n) is 20.3. The van der Waals surface area contributed by atoms with Crippen molar-refractivity contribution in [1.82, 2.24) is 0 Å². The molecule has 4 rings (SSSR count). The molecule has 0 aliphatic rings. The molecule has 0 bridgehead atoms. The lowest BCUT2D eigenvalue weighted by molar-refractivity contribution is 0.226. The lowest BCUT2D eigenvalue weighted by Gasteiger charge is -2.24. The maximum Gasteiger partial charge on any atom is 0.136 e. The highest BCUT2D eigenvalue weighted by Gasteiger charge is 2.43. The molecule has 35 heavy (non-hydrogen) atoms. The van der Waals surface area contributed by atoms with Crippen molar-refractivity contribution in [2.45, 2.75) is 24.8 Å². The van der Waals surface area contributed by atoms with Gasteiger partial charge in [0.25, 0.3) is 0 Å². The van der Waals surface area contributed by atoms with Crippen LogP contribution in [0.25, 0.3) is 0 Å². The van der Waals surface area contributed by atoms with Crippen molar-refractivity contribution in [1.29, 1.82) is 0 Å². The summed E-state index contributed by atoms with van der Waals surface area (Å²) in [6.07, 6.45) is 3.53. The van der Waals surface area contributed by atoms with E-state index in [-0.39, 0.29) is 0 Å². The fourth-order valence-electron chi connectivity index (χ4n) is 4.16. The smallest absolute Gasteiger partial charge is 0.136 e. The summed E-state index contributed by atoms with van der Waals surface area (Å²) in [6.45, 7) is 4.23. The lowest BCUT2D eigenvalue weighted by atomic mass is 10.1. The van der Waals surface area contributed by atoms with Crippen LogP contribution in [0.3, 0.4) is 0 Å². The normalized spacial score (nSPS) is 12.4. The fraction of sp³-hybridized carbons (Fsp3) is 0.125. The van der Waals surface area contributed by atoms with Crippen LogP contribution in [-0.2, 0) is 0 Å². The van der Waals surface area contributed by atoms with E-state index < -0.39 is 13.4 Å². The van der Waals surface area contributed by atoms with Crippen LogP contribution in [0.1, 0.15) is 25.5 Å². The van der Waals surface area contributed by atoms with E-state index in [1.165, 1.54) is 21.5 Å². The van der Waals surface area contributed by atoms with Gasteiger partial charge in [-0.2, -0.15) is 0 Å². The largest absolute Gasteiger partial charge is 0.384 e. The topological polar surface area (TPSA) is 20.2 Å². The monoisotopic (exact) mass is 495 g/mol. The molecule has 1 unspecified atom stereocenters. The average Bonchev–Trinajstić information content (AvgIpc) is 2.91. The van der Waals surface area contributed by atoms with E-state index in [1.807, 2.05) is 24.3 Å². The summed E-state index contributed by atoms with van der Waals surface area (Å²) < 4.78 is 0. The van der Waals surface area contributed by atoms with E-state index in [0.717, 1.165) is 16.2 Å². The molecule has 0 spiro atoms. The van der Waals surface area contributed by atoms with Gasteiger partial charge in [-0.1, -0.05) is 84.4 Å². The van der Waals surface area contributed by atoms with E-state index in [9.17, 15) is 5.11 Å². The third-order valence-corrected chi connectivity index (χ3v) is 10.9. The number of thioether (sulfide) groups is 1. The second-order valence-electron chi connectivity index (χ2n) is 8.65. The number of aliphatic hydroxyl groups is 1. The van der Waals surface area contributed by atoms with Crippen LogP contribution in [0.2, 0.25) is 0 Å². The fourth-order valence-corrected chi connectivity index (χ4v) is 9.05. The number of hydrogen-bond donors (Lipinski definition) is 1. The molecule has 0 fully saturated rings. The third kappa shape index (κ3) is 6.03. The van der Waals surface area contributed by atoms with Gasteiger partial charge in [0.2, 0.25) is 0 Å². The first-order valence-electron chi connectivity index (χ1n) is 11.9. The standard InChI is InChI=1S/C32H32OPS/c1-26(2)23-25-35-32-21-13-12-20-30(32)31(33)22-24-34(27-14-6-3-7-15-27,28-16-8-4-9-17-28)29-18-10-5-11-19-29/h3-24,31,33H,25H2,1-2H3/q+1. The highest BCUT2D eigenvalue weighted by molar-refractivity contribution is 7.99. The van der Waals surface area contributed by atoms with Gasteiger partial charge in [0.1, 0.15) is 29.3 Å². The van der Waals surface area contributed by atoms with Crippen LogP contribution in [0.4, 0.5) is 0 Å². The molecule has 0 saturated heterocycles. The zero-order chi connectivity index (χ0) is 24.5. The van der Waals surface area contributed by atoms with Crippen LogP contribution in [-0.4, -0.2) is 10.9 Å². The average molecular weight is 496 g/mol. The molecule has 1 nitrogen and oxygen atoms in total. The van der Waals surface area contributed by atoms with E-state index in [2.05, 4.69) is 123 Å². The van der Waals surface area contributed by atoms with Gasteiger partial charge in [0.05, 0.1) is 5.82 Å². The first-order chi connectivity index (χ1) is 17.1. The Balaban J connectivity index is 1.81. The van der Waals surface area contributed by atoms with Gasteiger partial charge in [-0.3, -0.25) is 0 Å². The SMILES string of the molecule is CC(C)=CCSc1ccccc1C(O)C=C[P+](c1ccccc1)(c1ccccc1)c1ccccc1. The second-order valence-corrected chi connectivity index (χ2v) is 13.0. The van der Waals surface area contributed by atoms with E-state index in [4.69, 9.17) is 0 Å². The molecule has 3 heteroatoms. The molecular formula is C32H32OPS+. The summed E-state index contributed by atoms with van der Waals surface area (Å²) in [4.78, 5) is 1.12. The minimum Gasteiger partial charge on any atom is -0.384 e. The van der Waals surface area contributed by atoms with Crippen molar-refractivity contribution in [3.05, 3.63) is 144 Å². The number of allylic oxidation sites excluding steroid dienone is 1. The zero-order valence-corrected chi connectivity index (χ0v) is 22.0. The van der Waals surface area contributed by atoms with Gasteiger partial charge < -0.3 is 5.11 Å². The van der Waals surface area contributed by atoms with E-state index in [0.29, 0.717) is 0 Å². The molecular weight excluding hydrogens is 463 g/mol. The number of hydrogen-bond acceptors (Lipinski definition) is 2. The summed E-state index contributed by atoms with van der Waals surface area (Å²) in [6, 6.07) is 40.3. The van der Waals surface area contributed by atoms with Gasteiger partial charge in [-0.25, -0.2) is 0 Å². The molecule has 0 saturated carbocycles. The highest BCUT2D eigenvalue weighted by Crippen LogP contribution is 2.57. The van der Waals surface area contributed by atoms with Gasteiger partial charge in [-0.15, -0.1) is 11.8 Å². The summed E-state index contributed by atoms with van der Waals surface area (Å²) >= 11 is 1.76. The van der Waals surface area contributed by atoms with Gasteiger partial charge in [0, 0.05) is 10.6 Å². The summed E-state index contributed by atoms with van der Waals surface area (Å²) in [5.41, 5.74) is 2.25. The Labute approximate surface area is 214 Å². The predicted octanol–water partition coefficient (Wildman–Crippen LogP) is 7.29. The summed E-state index contributed by atoms with van der Waals surface area (Å²) in [5.74, 6) is 3.18. The molecule has 1 atom stereocenters. The first-order valence-corrected chi connectivity index (χ1v) is 14.7. The van der Waals surface area contributed by atoms with Gasteiger partial charge in [0.15, 0.2) is 0 Å². The van der Waals surface area contributed by atoms with Crippen molar-refractivity contribution < 1.29 is 5.11 Å². The molecule has 0 amide bonds. The molecule has 4 aromatic carbocycles. The Morgan fingerprint density at radius 2 is 1.17 bits per heavy atom. The van der Waals surface area contributed by atoms with E-state index >= 15 is 0 Å². The summed E-state index contributed by atoms with van der Waals surface area (Å²) in [7, 11) is -2.13. The maximum absolute atomic E-state index is 11.4. The van der Waals surface area contributed by atoms with Crippen molar-refractivity contribution >= 4 is 34.9 Å². The quantitative estimate of drug-likeness (QED) is 0.150. The van der Waals surface area contributed by atoms with Crippen molar-refractivity contribution in [3.63, 3.8) is 0 Å². The minimum absolute atomic E-state index is 0.694. The second kappa shape index (κ2) is 12.2. The molecule has 4 aromatic rings. The van der Waals surface area contributed by atoms with Crippen molar-refractivity contribution in [3.8, 4) is 0 Å². The Morgan fingerprint density at radius 1 is 0.714 bits per heavy atom. The van der Waals surface area contributed by atoms with Gasteiger partial charge in [-0.05, 0) is 68.0 Å². The Bertz CT molecular complexity index is 1170. The van der Waals surface area contributed by atoms with Crippen LogP contribution in [0.5, 0.6) is 0 Å². The van der Waals surface area contributed by atoms with E-state index in [1.54, 1.807) is 11.8 Å². The number of benzene rings is 4. The molecule has 0 radical (unpaired) electrons. The van der Waals surface area contributed by atoms with Crippen LogP contribution in [0, 0.1) is 0 Å². The van der Waals surface area contributed by atoms with Crippen LogP contribution >= 0.6 is 19.0 Å². The van der Waals surface area contributed by atoms with Crippen LogP contribution < -0.4 is 15.9 Å². The van der Waals surface area contributed by atoms with Crippen molar-refractivity contribution in [2.24, 2.45) is 0 Å². The van der Waals surface area contributed by atoms with Crippen molar-refractivity contribution in [2.75, 3.05) is 5.75 Å². The Hall–Kier alpha value is -2.90. The Morgan fingerprint density at radius 3 is 1.66 bits per heavy atom.